The van der Waals surface area contributed by atoms with Crippen LogP contribution in [0.2, 0.25) is 0 Å². The summed E-state index contributed by atoms with van der Waals surface area (Å²) in [6, 6.07) is 1.79. The molecule has 0 aromatic carbocycles. The molecule has 0 aliphatic carbocycles. The zero-order valence-corrected chi connectivity index (χ0v) is 9.19. The van der Waals surface area contributed by atoms with Crippen molar-refractivity contribution in [2.75, 3.05) is 32.2 Å². The largest absolute Gasteiger partial charge is 0.382 e. The van der Waals surface area contributed by atoms with E-state index in [4.69, 9.17) is 15.2 Å². The molecule has 0 spiro atoms. The van der Waals surface area contributed by atoms with Crippen LogP contribution in [0.25, 0.3) is 0 Å². The molecule has 5 heteroatoms. The van der Waals surface area contributed by atoms with Gasteiger partial charge in [-0.25, -0.2) is 0 Å². The Labute approximate surface area is 90.2 Å². The average molecular weight is 213 g/mol. The zero-order chi connectivity index (χ0) is 10.9. The van der Waals surface area contributed by atoms with Gasteiger partial charge in [-0.15, -0.1) is 0 Å². The molecule has 0 saturated carbocycles. The van der Waals surface area contributed by atoms with Gasteiger partial charge in [-0.1, -0.05) is 0 Å². The van der Waals surface area contributed by atoms with Crippen molar-refractivity contribution in [3.05, 3.63) is 12.3 Å². The summed E-state index contributed by atoms with van der Waals surface area (Å²) < 4.78 is 12.3. The molecule has 0 aliphatic heterocycles. The molecule has 0 aliphatic rings. The Bertz CT molecular complexity index is 263. The molecule has 0 saturated heterocycles. The number of nitrogens with two attached hydrogens (primary N) is 1. The normalized spacial score (nSPS) is 10.7. The topological polar surface area (TPSA) is 62.3 Å². The molecule has 0 fully saturated rings. The lowest BCUT2D eigenvalue weighted by Crippen LogP contribution is -2.07. The molecule has 86 valence electrons. The molecule has 2 N–H and O–H groups in total. The van der Waals surface area contributed by atoms with Crippen molar-refractivity contribution in [3.8, 4) is 0 Å². The van der Waals surface area contributed by atoms with Crippen molar-refractivity contribution < 1.29 is 9.47 Å². The summed E-state index contributed by atoms with van der Waals surface area (Å²) in [5.74, 6) is 0.562. The Morgan fingerprint density at radius 1 is 1.33 bits per heavy atom. The predicted octanol–water partition coefficient (Wildman–Crippen LogP) is 0.908. The third kappa shape index (κ3) is 5.39. The quantitative estimate of drug-likeness (QED) is 0.652. The first-order valence-electron chi connectivity index (χ1n) is 5.27. The monoisotopic (exact) mass is 213 g/mol. The van der Waals surface area contributed by atoms with Gasteiger partial charge in [-0.3, -0.25) is 4.68 Å². The third-order valence-electron chi connectivity index (χ3n) is 1.91. The molecule has 15 heavy (non-hydrogen) atoms. The Kier molecular flexibility index (Phi) is 5.80. The highest BCUT2D eigenvalue weighted by Crippen LogP contribution is 1.97. The van der Waals surface area contributed by atoms with Gasteiger partial charge in [0.2, 0.25) is 0 Å². The first-order valence-corrected chi connectivity index (χ1v) is 5.27. The second-order valence-corrected chi connectivity index (χ2v) is 3.17. The number of ether oxygens (including phenoxy) is 2. The van der Waals surface area contributed by atoms with Crippen molar-refractivity contribution in [1.29, 1.82) is 0 Å². The van der Waals surface area contributed by atoms with Crippen molar-refractivity contribution in [2.45, 2.75) is 19.9 Å². The third-order valence-corrected chi connectivity index (χ3v) is 1.91. The van der Waals surface area contributed by atoms with E-state index in [0.29, 0.717) is 19.0 Å². The summed E-state index contributed by atoms with van der Waals surface area (Å²) in [6.45, 7) is 5.62. The van der Waals surface area contributed by atoms with E-state index >= 15 is 0 Å². The van der Waals surface area contributed by atoms with Gasteiger partial charge in [-0.2, -0.15) is 5.10 Å². The molecule has 0 bridgehead atoms. The highest BCUT2D eigenvalue weighted by atomic mass is 16.5. The molecule has 0 unspecified atom stereocenters. The maximum Gasteiger partial charge on any atom is 0.145 e. The van der Waals surface area contributed by atoms with Crippen LogP contribution in [-0.4, -0.2) is 36.2 Å². The van der Waals surface area contributed by atoms with Crippen LogP contribution in [0.4, 0.5) is 5.82 Å². The van der Waals surface area contributed by atoms with Crippen molar-refractivity contribution in [2.24, 2.45) is 0 Å². The van der Waals surface area contributed by atoms with Crippen molar-refractivity contribution in [3.63, 3.8) is 0 Å². The number of hydrogen-bond acceptors (Lipinski definition) is 4. The fourth-order valence-corrected chi connectivity index (χ4v) is 1.19. The van der Waals surface area contributed by atoms with Crippen LogP contribution in [0, 0.1) is 0 Å². The van der Waals surface area contributed by atoms with Gasteiger partial charge in [0.05, 0.1) is 13.2 Å². The summed E-state index contributed by atoms with van der Waals surface area (Å²) in [5, 5.41) is 4.07. The Balaban J connectivity index is 1.93. The number of nitrogen functional groups attached to an aromatic ring is 1. The van der Waals surface area contributed by atoms with Gasteiger partial charge in [0.25, 0.3) is 0 Å². The van der Waals surface area contributed by atoms with E-state index in [1.54, 1.807) is 6.07 Å². The average Bonchev–Trinajstić information content (AvgIpc) is 2.63. The number of aryl methyl sites for hydroxylation is 1. The maximum absolute atomic E-state index is 5.48. The number of rotatable bonds is 8. The molecule has 0 radical (unpaired) electrons. The van der Waals surface area contributed by atoms with Crippen molar-refractivity contribution >= 4 is 5.82 Å². The van der Waals surface area contributed by atoms with Crippen LogP contribution < -0.4 is 5.73 Å². The van der Waals surface area contributed by atoms with Gasteiger partial charge in [-0.05, 0) is 19.4 Å². The molecule has 0 amide bonds. The Morgan fingerprint density at radius 2 is 2.13 bits per heavy atom. The lowest BCUT2D eigenvalue weighted by Gasteiger charge is -2.04. The lowest BCUT2D eigenvalue weighted by molar-refractivity contribution is 0.0506. The second kappa shape index (κ2) is 7.25. The van der Waals surface area contributed by atoms with E-state index in [0.717, 1.165) is 26.2 Å². The molecule has 1 aromatic heterocycles. The summed E-state index contributed by atoms with van der Waals surface area (Å²) in [7, 11) is 0. The van der Waals surface area contributed by atoms with E-state index < -0.39 is 0 Å². The second-order valence-electron chi connectivity index (χ2n) is 3.17. The van der Waals surface area contributed by atoms with E-state index in [-0.39, 0.29) is 0 Å². The van der Waals surface area contributed by atoms with E-state index in [9.17, 15) is 0 Å². The van der Waals surface area contributed by atoms with Crippen LogP contribution in [0.5, 0.6) is 0 Å². The summed E-state index contributed by atoms with van der Waals surface area (Å²) in [5.41, 5.74) is 5.48. The highest BCUT2D eigenvalue weighted by molar-refractivity contribution is 5.23. The fourth-order valence-electron chi connectivity index (χ4n) is 1.19. The molecular formula is C10H19N3O2. The molecule has 5 nitrogen and oxygen atoms in total. The minimum Gasteiger partial charge on any atom is -0.382 e. The van der Waals surface area contributed by atoms with Gasteiger partial charge in [0, 0.05) is 26.0 Å². The number of nitrogens with zero attached hydrogens (tertiary/aromatic N) is 2. The lowest BCUT2D eigenvalue weighted by atomic mass is 10.4. The van der Waals surface area contributed by atoms with Crippen LogP contribution >= 0.6 is 0 Å². The van der Waals surface area contributed by atoms with Crippen molar-refractivity contribution in [1.82, 2.24) is 9.78 Å². The molecule has 1 rings (SSSR count). The number of aromatic nitrogens is 2. The summed E-state index contributed by atoms with van der Waals surface area (Å²) >= 11 is 0. The highest BCUT2D eigenvalue weighted by Gasteiger charge is 1.94. The zero-order valence-electron chi connectivity index (χ0n) is 9.19. The smallest absolute Gasteiger partial charge is 0.145 e. The van der Waals surface area contributed by atoms with Gasteiger partial charge >= 0.3 is 0 Å². The van der Waals surface area contributed by atoms with Gasteiger partial charge in [0.15, 0.2) is 0 Å². The fraction of sp³-hybridized carbons (Fsp3) is 0.700. The summed E-state index contributed by atoms with van der Waals surface area (Å²) in [6.07, 6.45) is 2.81. The van der Waals surface area contributed by atoms with E-state index in [1.807, 2.05) is 17.8 Å². The minimum absolute atomic E-state index is 0.562. The molecule has 1 aromatic rings. The Hall–Kier alpha value is -1.07. The SMILES string of the molecule is CCOCCOCCCn1ccc(N)n1. The standard InChI is InChI=1S/C10H19N3O2/c1-2-14-8-9-15-7-3-5-13-6-4-10(11)12-13/h4,6H,2-3,5,7-9H2,1H3,(H2,11,12). The van der Waals surface area contributed by atoms with Gasteiger partial charge < -0.3 is 15.2 Å². The van der Waals surface area contributed by atoms with Crippen LogP contribution in [-0.2, 0) is 16.0 Å². The molecule has 1 heterocycles. The Morgan fingerprint density at radius 3 is 2.80 bits per heavy atom. The maximum atomic E-state index is 5.48. The van der Waals surface area contributed by atoms with E-state index in [1.165, 1.54) is 0 Å². The predicted molar refractivity (Wildman–Crippen MR) is 58.6 cm³/mol. The van der Waals surface area contributed by atoms with E-state index in [2.05, 4.69) is 5.10 Å². The first kappa shape index (κ1) is 12.0. The van der Waals surface area contributed by atoms with Crippen LogP contribution in [0.1, 0.15) is 13.3 Å². The minimum atomic E-state index is 0.562. The molecular weight excluding hydrogens is 194 g/mol. The number of anilines is 1. The summed E-state index contributed by atoms with van der Waals surface area (Å²) in [4.78, 5) is 0. The van der Waals surface area contributed by atoms with Crippen LogP contribution in [0.3, 0.4) is 0 Å². The van der Waals surface area contributed by atoms with Gasteiger partial charge in [0.1, 0.15) is 5.82 Å². The number of hydrogen-bond donors (Lipinski definition) is 1. The van der Waals surface area contributed by atoms with Crippen LogP contribution in [0.15, 0.2) is 12.3 Å². The first-order chi connectivity index (χ1) is 7.33. The molecule has 0 atom stereocenters.